The summed E-state index contributed by atoms with van der Waals surface area (Å²) in [6.45, 7) is 4.60. The highest BCUT2D eigenvalue weighted by Crippen LogP contribution is 2.24. The third kappa shape index (κ3) is 2.94. The van der Waals surface area contributed by atoms with Gasteiger partial charge < -0.3 is 10.1 Å². The second-order valence-electron chi connectivity index (χ2n) is 5.09. The van der Waals surface area contributed by atoms with E-state index in [1.165, 1.54) is 23.5 Å². The lowest BCUT2D eigenvalue weighted by Crippen LogP contribution is -2.55. The first-order valence-corrected chi connectivity index (χ1v) is 7.88. The second kappa shape index (κ2) is 5.67. The maximum absolute atomic E-state index is 13.7. The second-order valence-corrected chi connectivity index (χ2v) is 7.03. The third-order valence-corrected chi connectivity index (χ3v) is 5.11. The summed E-state index contributed by atoms with van der Waals surface area (Å²) in [5.41, 5.74) is 0. The van der Waals surface area contributed by atoms with E-state index in [0.717, 1.165) is 6.07 Å². The molecule has 0 amide bonds. The number of ether oxygens (including phenoxy) is 1. The van der Waals surface area contributed by atoms with Gasteiger partial charge in [-0.3, -0.25) is 0 Å². The number of hydrogen-bond donors (Lipinski definition) is 1. The van der Waals surface area contributed by atoms with Crippen molar-refractivity contribution in [2.24, 2.45) is 0 Å². The molecule has 1 aliphatic heterocycles. The summed E-state index contributed by atoms with van der Waals surface area (Å²) in [5, 5.41) is 3.26. The Bertz CT molecular complexity index is 581. The molecule has 0 spiro atoms. The minimum atomic E-state index is -3.68. The Kier molecular flexibility index (Phi) is 4.31. The molecule has 0 aliphatic carbocycles. The Balaban J connectivity index is 2.32. The standard InChI is InChI=1S/C13H19FN2O3S/c1-9-7-16(8-10(2)15-9)20(17,18)11-4-5-13(19-3)12(14)6-11/h4-6,9-10,15H,7-8H2,1-3H3. The Morgan fingerprint density at radius 1 is 1.30 bits per heavy atom. The molecule has 0 radical (unpaired) electrons. The number of hydrogen-bond acceptors (Lipinski definition) is 4. The van der Waals surface area contributed by atoms with Crippen molar-refractivity contribution in [2.45, 2.75) is 30.8 Å². The number of methoxy groups -OCH3 is 1. The van der Waals surface area contributed by atoms with Crippen molar-refractivity contribution < 1.29 is 17.5 Å². The highest BCUT2D eigenvalue weighted by atomic mass is 32.2. The van der Waals surface area contributed by atoms with Crippen LogP contribution in [0.2, 0.25) is 0 Å². The van der Waals surface area contributed by atoms with Gasteiger partial charge in [0.1, 0.15) is 0 Å². The fraction of sp³-hybridized carbons (Fsp3) is 0.538. The summed E-state index contributed by atoms with van der Waals surface area (Å²) in [6, 6.07) is 3.84. The molecule has 2 unspecified atom stereocenters. The van der Waals surface area contributed by atoms with E-state index in [-0.39, 0.29) is 22.7 Å². The smallest absolute Gasteiger partial charge is 0.243 e. The first-order chi connectivity index (χ1) is 9.34. The zero-order valence-corrected chi connectivity index (χ0v) is 12.6. The maximum atomic E-state index is 13.7. The predicted molar refractivity (Wildman–Crippen MR) is 73.8 cm³/mol. The third-order valence-electron chi connectivity index (χ3n) is 3.29. The van der Waals surface area contributed by atoms with Crippen LogP contribution in [0.4, 0.5) is 4.39 Å². The van der Waals surface area contributed by atoms with Crippen LogP contribution < -0.4 is 10.1 Å². The molecule has 1 heterocycles. The van der Waals surface area contributed by atoms with Gasteiger partial charge in [-0.25, -0.2) is 12.8 Å². The Labute approximate surface area is 118 Å². The van der Waals surface area contributed by atoms with Crippen LogP contribution in [0.5, 0.6) is 5.75 Å². The van der Waals surface area contributed by atoms with Crippen LogP contribution in [0, 0.1) is 5.82 Å². The monoisotopic (exact) mass is 302 g/mol. The van der Waals surface area contributed by atoms with E-state index in [1.807, 2.05) is 13.8 Å². The van der Waals surface area contributed by atoms with Crippen LogP contribution in [-0.4, -0.2) is 45.0 Å². The molecule has 7 heteroatoms. The molecule has 2 rings (SSSR count). The molecular formula is C13H19FN2O3S. The molecule has 1 fully saturated rings. The van der Waals surface area contributed by atoms with Gasteiger partial charge in [0.2, 0.25) is 10.0 Å². The first-order valence-electron chi connectivity index (χ1n) is 6.44. The van der Waals surface area contributed by atoms with Crippen molar-refractivity contribution in [1.29, 1.82) is 0 Å². The number of sulfonamides is 1. The zero-order chi connectivity index (χ0) is 14.9. The zero-order valence-electron chi connectivity index (χ0n) is 11.8. The van der Waals surface area contributed by atoms with Crippen LogP contribution in [0.15, 0.2) is 23.1 Å². The SMILES string of the molecule is COc1ccc(S(=O)(=O)N2CC(C)NC(C)C2)cc1F. The van der Waals surface area contributed by atoms with E-state index >= 15 is 0 Å². The Morgan fingerprint density at radius 3 is 2.40 bits per heavy atom. The molecule has 0 aromatic heterocycles. The summed E-state index contributed by atoms with van der Waals surface area (Å²) in [6.07, 6.45) is 0. The van der Waals surface area contributed by atoms with Crippen LogP contribution in [0.1, 0.15) is 13.8 Å². The van der Waals surface area contributed by atoms with E-state index in [0.29, 0.717) is 13.1 Å². The van der Waals surface area contributed by atoms with Gasteiger partial charge >= 0.3 is 0 Å². The number of halogens is 1. The fourth-order valence-electron chi connectivity index (χ4n) is 2.43. The number of rotatable bonds is 3. The van der Waals surface area contributed by atoms with Crippen LogP contribution in [-0.2, 0) is 10.0 Å². The predicted octanol–water partition coefficient (Wildman–Crippen LogP) is 1.21. The summed E-state index contributed by atoms with van der Waals surface area (Å²) in [4.78, 5) is -0.0444. The van der Waals surface area contributed by atoms with Gasteiger partial charge in [0.25, 0.3) is 0 Å². The first kappa shape index (κ1) is 15.2. The lowest BCUT2D eigenvalue weighted by atomic mass is 10.2. The summed E-state index contributed by atoms with van der Waals surface area (Å²) in [7, 11) is -2.34. The van der Waals surface area contributed by atoms with E-state index in [2.05, 4.69) is 5.32 Å². The highest BCUT2D eigenvalue weighted by molar-refractivity contribution is 7.89. The van der Waals surface area contributed by atoms with E-state index in [4.69, 9.17) is 4.74 Å². The number of nitrogens with zero attached hydrogens (tertiary/aromatic N) is 1. The van der Waals surface area contributed by atoms with Gasteiger partial charge in [-0.2, -0.15) is 4.31 Å². The minimum absolute atomic E-state index is 0.0333. The quantitative estimate of drug-likeness (QED) is 0.911. The fourth-order valence-corrected chi connectivity index (χ4v) is 4.06. The molecule has 1 saturated heterocycles. The van der Waals surface area contributed by atoms with Crippen molar-refractivity contribution in [3.05, 3.63) is 24.0 Å². The van der Waals surface area contributed by atoms with Crippen molar-refractivity contribution >= 4 is 10.0 Å². The minimum Gasteiger partial charge on any atom is -0.494 e. The van der Waals surface area contributed by atoms with Gasteiger partial charge in [0.05, 0.1) is 12.0 Å². The average Bonchev–Trinajstić information content (AvgIpc) is 2.37. The van der Waals surface area contributed by atoms with E-state index in [9.17, 15) is 12.8 Å². The van der Waals surface area contributed by atoms with Gasteiger partial charge in [0.15, 0.2) is 11.6 Å². The largest absolute Gasteiger partial charge is 0.494 e. The molecule has 1 aromatic carbocycles. The molecule has 1 aromatic rings. The molecule has 112 valence electrons. The van der Waals surface area contributed by atoms with Crippen molar-refractivity contribution in [1.82, 2.24) is 9.62 Å². The Hall–Kier alpha value is -1.18. The molecule has 20 heavy (non-hydrogen) atoms. The number of benzene rings is 1. The average molecular weight is 302 g/mol. The summed E-state index contributed by atoms with van der Waals surface area (Å²) in [5.74, 6) is -0.643. The molecule has 1 aliphatic rings. The molecule has 0 bridgehead atoms. The Morgan fingerprint density at radius 2 is 1.90 bits per heavy atom. The lowest BCUT2D eigenvalue weighted by molar-refractivity contribution is 0.263. The summed E-state index contributed by atoms with van der Waals surface area (Å²) < 4.78 is 44.9. The lowest BCUT2D eigenvalue weighted by Gasteiger charge is -2.35. The van der Waals surface area contributed by atoms with E-state index in [1.54, 1.807) is 0 Å². The van der Waals surface area contributed by atoms with E-state index < -0.39 is 15.8 Å². The van der Waals surface area contributed by atoms with Crippen LogP contribution in [0.3, 0.4) is 0 Å². The normalized spacial score (nSPS) is 24.6. The molecule has 1 N–H and O–H groups in total. The van der Waals surface area contributed by atoms with Gasteiger partial charge in [-0.1, -0.05) is 0 Å². The molecule has 2 atom stereocenters. The highest BCUT2D eigenvalue weighted by Gasteiger charge is 2.31. The molecule has 0 saturated carbocycles. The van der Waals surface area contributed by atoms with Crippen molar-refractivity contribution in [3.63, 3.8) is 0 Å². The molecule has 5 nitrogen and oxygen atoms in total. The number of piperazine rings is 1. The van der Waals surface area contributed by atoms with Gasteiger partial charge in [-0.05, 0) is 32.0 Å². The maximum Gasteiger partial charge on any atom is 0.243 e. The topological polar surface area (TPSA) is 58.6 Å². The summed E-state index contributed by atoms with van der Waals surface area (Å²) >= 11 is 0. The van der Waals surface area contributed by atoms with Crippen molar-refractivity contribution in [2.75, 3.05) is 20.2 Å². The van der Waals surface area contributed by atoms with Crippen LogP contribution >= 0.6 is 0 Å². The van der Waals surface area contributed by atoms with Gasteiger partial charge in [-0.15, -0.1) is 0 Å². The number of nitrogens with one attached hydrogen (secondary N) is 1. The van der Waals surface area contributed by atoms with Crippen molar-refractivity contribution in [3.8, 4) is 5.75 Å². The van der Waals surface area contributed by atoms with Crippen LogP contribution in [0.25, 0.3) is 0 Å². The van der Waals surface area contributed by atoms with Gasteiger partial charge in [0, 0.05) is 25.2 Å². The molecular weight excluding hydrogens is 283 g/mol.